The van der Waals surface area contributed by atoms with Crippen molar-refractivity contribution in [2.45, 2.75) is 125 Å². The van der Waals surface area contributed by atoms with Crippen molar-refractivity contribution in [2.75, 3.05) is 74.1 Å². The molecule has 9 heteroatoms. The van der Waals surface area contributed by atoms with Gasteiger partial charge in [-0.1, -0.05) is 70.8 Å². The lowest BCUT2D eigenvalue weighted by atomic mass is 10.2. The molecule has 0 heterocycles. The fourth-order valence-corrected chi connectivity index (χ4v) is 5.00. The molecule has 39 heavy (non-hydrogen) atoms. The Morgan fingerprint density at radius 1 is 0.564 bits per heavy atom. The molecular formula is C30H66N3O6+. The zero-order valence-electron chi connectivity index (χ0n) is 27.5. The van der Waals surface area contributed by atoms with E-state index in [9.17, 15) is 0 Å². The zero-order valence-corrected chi connectivity index (χ0v) is 27.5. The van der Waals surface area contributed by atoms with Crippen molar-refractivity contribution >= 4 is 0 Å². The maximum Gasteiger partial charge on any atom is 0.476 e. The van der Waals surface area contributed by atoms with Gasteiger partial charge in [0.05, 0.1) is 33.0 Å². The Bertz CT molecular complexity index is 569. The second-order valence-corrected chi connectivity index (χ2v) is 10.2. The van der Waals surface area contributed by atoms with Crippen molar-refractivity contribution in [1.29, 1.82) is 0 Å². The maximum absolute atomic E-state index is 6.97. The van der Waals surface area contributed by atoms with Gasteiger partial charge in [0.15, 0.2) is 0 Å². The number of nitrogens with zero attached hydrogens (tertiary/aromatic N) is 3. The van der Waals surface area contributed by atoms with Gasteiger partial charge < -0.3 is 4.74 Å². The predicted molar refractivity (Wildman–Crippen MR) is 159 cm³/mol. The lowest BCUT2D eigenvalue weighted by Crippen LogP contribution is -2.87. The highest BCUT2D eigenvalue weighted by Crippen LogP contribution is 2.44. The van der Waals surface area contributed by atoms with Gasteiger partial charge in [-0.25, -0.2) is 4.90 Å². The average molecular weight is 565 g/mol. The quantitative estimate of drug-likeness (QED) is 0.0460. The first-order chi connectivity index (χ1) is 18.8. The fourth-order valence-electron chi connectivity index (χ4n) is 5.00. The lowest BCUT2D eigenvalue weighted by molar-refractivity contribution is -1.22. The second-order valence-electron chi connectivity index (χ2n) is 10.2. The normalized spacial score (nSPS) is 16.9. The molecule has 0 rings (SSSR count). The van der Waals surface area contributed by atoms with E-state index in [1.54, 1.807) is 7.11 Å². The molecule has 0 aliphatic heterocycles. The van der Waals surface area contributed by atoms with Crippen LogP contribution in [0.25, 0.3) is 0 Å². The van der Waals surface area contributed by atoms with Crippen LogP contribution in [0.5, 0.6) is 0 Å². The molecule has 0 N–H and O–H groups in total. The summed E-state index contributed by atoms with van der Waals surface area (Å²) in [5.74, 6) is 0. The molecule has 3 unspecified atom stereocenters. The van der Waals surface area contributed by atoms with Crippen LogP contribution in [-0.4, -0.2) is 101 Å². The average Bonchev–Trinajstić information content (AvgIpc) is 2.92. The van der Waals surface area contributed by atoms with Crippen LogP contribution < -0.4 is 0 Å². The van der Waals surface area contributed by atoms with Crippen LogP contribution in [0.2, 0.25) is 0 Å². The van der Waals surface area contributed by atoms with E-state index in [1.807, 2.05) is 25.9 Å². The third-order valence-electron chi connectivity index (χ3n) is 6.94. The topological polar surface area (TPSA) is 61.9 Å². The third kappa shape index (κ3) is 10.5. The van der Waals surface area contributed by atoms with E-state index in [4.69, 9.17) is 28.4 Å². The van der Waals surface area contributed by atoms with E-state index in [0.717, 1.165) is 51.4 Å². The van der Waals surface area contributed by atoms with Crippen LogP contribution in [0.4, 0.5) is 0 Å². The van der Waals surface area contributed by atoms with Gasteiger partial charge in [-0.15, -0.1) is 5.01 Å². The van der Waals surface area contributed by atoms with Gasteiger partial charge in [0.1, 0.15) is 0 Å². The van der Waals surface area contributed by atoms with Crippen molar-refractivity contribution < 1.29 is 33.0 Å². The van der Waals surface area contributed by atoms with Gasteiger partial charge in [-0.05, 0) is 60.5 Å². The molecule has 0 bridgehead atoms. The monoisotopic (exact) mass is 564 g/mol. The molecule has 3 atom stereocenters. The third-order valence-corrected chi connectivity index (χ3v) is 6.94. The fraction of sp³-hybridized carbons (Fsp3) is 1.00. The summed E-state index contributed by atoms with van der Waals surface area (Å²) in [5.41, 5.74) is 0. The molecule has 0 amide bonds. The lowest BCUT2D eigenvalue weighted by Gasteiger charge is -2.59. The van der Waals surface area contributed by atoms with Crippen molar-refractivity contribution in [3.05, 3.63) is 0 Å². The highest BCUT2D eigenvalue weighted by Gasteiger charge is 2.74. The summed E-state index contributed by atoms with van der Waals surface area (Å²) in [6.45, 7) is 18.8. The van der Waals surface area contributed by atoms with E-state index in [1.165, 1.54) is 12.8 Å². The summed E-state index contributed by atoms with van der Waals surface area (Å²) >= 11 is 0. The minimum atomic E-state index is -1.56. The number of unbranched alkanes of at least 4 members (excludes halogenated alkanes) is 6. The Morgan fingerprint density at radius 2 is 1.08 bits per heavy atom. The summed E-state index contributed by atoms with van der Waals surface area (Å²) in [7, 11) is 5.71. The molecule has 0 spiro atoms. The smallest absolute Gasteiger partial charge is 0.333 e. The van der Waals surface area contributed by atoms with Crippen molar-refractivity contribution in [3.63, 3.8) is 0 Å². The summed E-state index contributed by atoms with van der Waals surface area (Å²) < 4.78 is 40.0. The second kappa shape index (κ2) is 22.3. The van der Waals surface area contributed by atoms with Crippen molar-refractivity contribution in [3.8, 4) is 0 Å². The molecule has 236 valence electrons. The molecule has 0 aromatic rings. The molecule has 0 aromatic carbocycles. The van der Waals surface area contributed by atoms with Crippen molar-refractivity contribution in [2.24, 2.45) is 0 Å². The van der Waals surface area contributed by atoms with Gasteiger partial charge in [0, 0.05) is 20.2 Å². The van der Waals surface area contributed by atoms with E-state index in [0.29, 0.717) is 46.1 Å². The van der Waals surface area contributed by atoms with Gasteiger partial charge in [-0.3, -0.25) is 23.7 Å². The summed E-state index contributed by atoms with van der Waals surface area (Å²) in [6, 6.07) is -1.34. The molecule has 9 nitrogen and oxygen atoms in total. The first-order valence-corrected chi connectivity index (χ1v) is 15.8. The molecule has 0 aromatic heterocycles. The van der Waals surface area contributed by atoms with E-state index >= 15 is 0 Å². The number of quaternary nitrogens is 1. The molecule has 0 aliphatic carbocycles. The standard InChI is InChI=1S/C30H66N3O6/c1-11-18-21-23-27-37-29(31(8)9,36-26-22-19-12-2)33(28-34-10,32(15-5)16-6)30(35-17-7,38-24-14-4)39-25-20-13-3/h11-28H2,1-10H3/q+1. The van der Waals surface area contributed by atoms with Crippen molar-refractivity contribution in [1.82, 2.24) is 9.91 Å². The number of ether oxygens (including phenoxy) is 6. The predicted octanol–water partition coefficient (Wildman–Crippen LogP) is 6.53. The van der Waals surface area contributed by atoms with Crippen LogP contribution in [0.15, 0.2) is 0 Å². The number of rotatable bonds is 28. The Balaban J connectivity index is 7.41. The maximum atomic E-state index is 6.97. The van der Waals surface area contributed by atoms with Gasteiger partial charge >= 0.3 is 12.1 Å². The highest BCUT2D eigenvalue weighted by atomic mass is 16.9. The Labute approximate surface area is 241 Å². The van der Waals surface area contributed by atoms with Gasteiger partial charge in [0.25, 0.3) is 0 Å². The van der Waals surface area contributed by atoms with Crippen LogP contribution in [0.1, 0.15) is 113 Å². The molecule has 0 aliphatic rings. The zero-order chi connectivity index (χ0) is 29.6. The highest BCUT2D eigenvalue weighted by molar-refractivity contribution is 4.65. The van der Waals surface area contributed by atoms with Crippen LogP contribution in [-0.2, 0) is 28.4 Å². The number of hydrogen-bond acceptors (Lipinski definition) is 8. The molecular weight excluding hydrogens is 498 g/mol. The van der Waals surface area contributed by atoms with Gasteiger partial charge in [0.2, 0.25) is 6.73 Å². The van der Waals surface area contributed by atoms with Gasteiger partial charge in [-0.2, -0.15) is 0 Å². The largest absolute Gasteiger partial charge is 0.476 e. The first kappa shape index (κ1) is 38.6. The number of hydrogen-bond donors (Lipinski definition) is 0. The SMILES string of the molecule is CCCCCCOC(OCCCCC)(N(C)C)[N+](COC)(N(CC)CC)C(OCC)(OCCC)OCCCC. The van der Waals surface area contributed by atoms with E-state index < -0.39 is 12.1 Å². The Morgan fingerprint density at radius 3 is 1.54 bits per heavy atom. The number of methoxy groups -OCH3 is 1. The first-order valence-electron chi connectivity index (χ1n) is 15.8. The Kier molecular flexibility index (Phi) is 22.1. The summed E-state index contributed by atoms with van der Waals surface area (Å²) in [4.78, 5) is 2.02. The summed E-state index contributed by atoms with van der Waals surface area (Å²) in [6.07, 6.45) is 8.59. The minimum Gasteiger partial charge on any atom is -0.333 e. The van der Waals surface area contributed by atoms with Crippen LogP contribution >= 0.6 is 0 Å². The molecule has 0 saturated carbocycles. The van der Waals surface area contributed by atoms with Crippen LogP contribution in [0.3, 0.4) is 0 Å². The Hall–Kier alpha value is -0.360. The minimum absolute atomic E-state index is 0.103. The molecule has 0 fully saturated rings. The summed E-state index contributed by atoms with van der Waals surface area (Å²) in [5, 5.41) is 2.24. The van der Waals surface area contributed by atoms with Crippen LogP contribution in [0, 0.1) is 0 Å². The van der Waals surface area contributed by atoms with E-state index in [2.05, 4.69) is 46.6 Å². The molecule has 0 saturated heterocycles. The van der Waals surface area contributed by atoms with E-state index in [-0.39, 0.29) is 11.3 Å². The molecule has 0 radical (unpaired) electrons.